The van der Waals surface area contributed by atoms with Gasteiger partial charge in [-0.3, -0.25) is 9.59 Å². The van der Waals surface area contributed by atoms with Gasteiger partial charge in [0.15, 0.2) is 0 Å². The van der Waals surface area contributed by atoms with E-state index in [1.807, 2.05) is 23.1 Å². The minimum Gasteiger partial charge on any atom is -0.366 e. The van der Waals surface area contributed by atoms with Crippen LogP contribution in [-0.4, -0.2) is 41.6 Å². The molecule has 0 saturated carbocycles. The molecule has 1 amide bonds. The number of nitrogens with zero attached hydrogens (tertiary/aromatic N) is 4. The summed E-state index contributed by atoms with van der Waals surface area (Å²) in [6.45, 7) is 3.94. The van der Waals surface area contributed by atoms with E-state index in [2.05, 4.69) is 0 Å². The Balaban J connectivity index is 1.79. The first-order valence-corrected chi connectivity index (χ1v) is 10.3. The molecule has 3 aromatic rings. The number of hydrogen-bond donors (Lipinski definition) is 0. The fourth-order valence-electron chi connectivity index (χ4n) is 3.90. The molecule has 6 nitrogen and oxygen atoms in total. The lowest BCUT2D eigenvalue weighted by atomic mass is 10.1. The number of halogens is 2. The second-order valence-electron chi connectivity index (χ2n) is 7.55. The van der Waals surface area contributed by atoms with Crippen molar-refractivity contribution in [1.82, 2.24) is 9.47 Å². The average Bonchev–Trinajstić information content (AvgIpc) is 2.77. The Bertz CT molecular complexity index is 1260. The summed E-state index contributed by atoms with van der Waals surface area (Å²) in [4.78, 5) is 27.9. The van der Waals surface area contributed by atoms with Gasteiger partial charge >= 0.3 is 0 Å². The van der Waals surface area contributed by atoms with Crippen molar-refractivity contribution in [2.24, 2.45) is 0 Å². The maximum Gasteiger partial charge on any atom is 0.219 e. The van der Waals surface area contributed by atoms with Gasteiger partial charge in [0.25, 0.3) is 0 Å². The number of fused-ring (bicyclic) bond motifs is 1. The van der Waals surface area contributed by atoms with E-state index in [0.717, 1.165) is 5.56 Å². The molecule has 0 spiro atoms. The number of nitriles is 1. The van der Waals surface area contributed by atoms with Crippen LogP contribution in [0.1, 0.15) is 18.1 Å². The van der Waals surface area contributed by atoms with E-state index in [1.54, 1.807) is 27.7 Å². The zero-order chi connectivity index (χ0) is 22.1. The second kappa shape index (κ2) is 8.40. The van der Waals surface area contributed by atoms with E-state index >= 15 is 4.39 Å². The Kier molecular flexibility index (Phi) is 5.66. The summed E-state index contributed by atoms with van der Waals surface area (Å²) in [5.41, 5.74) is 1.33. The molecule has 1 aliphatic rings. The summed E-state index contributed by atoms with van der Waals surface area (Å²) in [6, 6.07) is 12.1. The van der Waals surface area contributed by atoms with Crippen LogP contribution in [0.15, 0.2) is 47.4 Å². The van der Waals surface area contributed by atoms with Crippen LogP contribution in [0.2, 0.25) is 5.02 Å². The molecule has 1 fully saturated rings. The lowest BCUT2D eigenvalue weighted by Crippen LogP contribution is -2.48. The van der Waals surface area contributed by atoms with E-state index in [-0.39, 0.29) is 16.9 Å². The molecule has 1 aliphatic heterocycles. The van der Waals surface area contributed by atoms with Crippen molar-refractivity contribution in [3.63, 3.8) is 0 Å². The van der Waals surface area contributed by atoms with E-state index in [0.29, 0.717) is 49.0 Å². The Hall–Kier alpha value is -3.37. The molecule has 158 valence electrons. The first kappa shape index (κ1) is 20.9. The number of hydrogen-bond acceptors (Lipinski definition) is 4. The Morgan fingerprint density at radius 3 is 2.45 bits per heavy atom. The minimum atomic E-state index is -0.519. The molecule has 0 aliphatic carbocycles. The normalized spacial score (nSPS) is 14.0. The molecule has 4 rings (SSSR count). The Morgan fingerprint density at radius 2 is 1.84 bits per heavy atom. The third-order valence-corrected chi connectivity index (χ3v) is 5.85. The molecular weight excluding hydrogens is 419 g/mol. The van der Waals surface area contributed by atoms with Gasteiger partial charge in [-0.2, -0.15) is 5.26 Å². The molecule has 8 heteroatoms. The molecule has 0 bridgehead atoms. The number of amides is 1. The predicted octanol–water partition coefficient (Wildman–Crippen LogP) is 3.38. The zero-order valence-corrected chi connectivity index (χ0v) is 17.7. The van der Waals surface area contributed by atoms with E-state index < -0.39 is 11.2 Å². The largest absolute Gasteiger partial charge is 0.366 e. The van der Waals surface area contributed by atoms with E-state index in [4.69, 9.17) is 11.6 Å². The molecule has 31 heavy (non-hydrogen) atoms. The van der Waals surface area contributed by atoms with Crippen molar-refractivity contribution < 1.29 is 9.18 Å². The lowest BCUT2D eigenvalue weighted by molar-refractivity contribution is -0.129. The highest BCUT2D eigenvalue weighted by Crippen LogP contribution is 2.27. The van der Waals surface area contributed by atoms with E-state index in [1.165, 1.54) is 19.2 Å². The molecule has 0 radical (unpaired) electrons. The lowest BCUT2D eigenvalue weighted by Gasteiger charge is -2.36. The van der Waals surface area contributed by atoms with Crippen molar-refractivity contribution in [3.05, 3.63) is 74.8 Å². The SMILES string of the molecule is CC(=O)N1CCN(c2cc3c(cc2F)c(=O)c(C#N)cn3Cc2ccc(Cl)cc2)CC1. The Morgan fingerprint density at radius 1 is 1.16 bits per heavy atom. The maximum atomic E-state index is 15.0. The summed E-state index contributed by atoms with van der Waals surface area (Å²) in [6.07, 6.45) is 1.51. The molecule has 0 atom stereocenters. The number of benzene rings is 2. The van der Waals surface area contributed by atoms with Gasteiger partial charge < -0.3 is 14.4 Å². The average molecular weight is 439 g/mol. The van der Waals surface area contributed by atoms with Crippen LogP contribution >= 0.6 is 11.6 Å². The van der Waals surface area contributed by atoms with Crippen LogP contribution in [0.5, 0.6) is 0 Å². The fourth-order valence-corrected chi connectivity index (χ4v) is 4.03. The van der Waals surface area contributed by atoms with Gasteiger partial charge in [-0.15, -0.1) is 0 Å². The van der Waals surface area contributed by atoms with Crippen LogP contribution in [0.3, 0.4) is 0 Å². The van der Waals surface area contributed by atoms with Crippen molar-refractivity contribution >= 4 is 34.1 Å². The first-order valence-electron chi connectivity index (χ1n) is 9.89. The fraction of sp³-hybridized carbons (Fsp3) is 0.261. The zero-order valence-electron chi connectivity index (χ0n) is 16.9. The van der Waals surface area contributed by atoms with Gasteiger partial charge in [0.2, 0.25) is 11.3 Å². The highest BCUT2D eigenvalue weighted by molar-refractivity contribution is 6.30. The van der Waals surface area contributed by atoms with Gasteiger partial charge in [0.1, 0.15) is 17.4 Å². The second-order valence-corrected chi connectivity index (χ2v) is 7.99. The first-order chi connectivity index (χ1) is 14.9. The summed E-state index contributed by atoms with van der Waals surface area (Å²) in [7, 11) is 0. The highest BCUT2D eigenvalue weighted by atomic mass is 35.5. The van der Waals surface area contributed by atoms with Crippen LogP contribution in [0.25, 0.3) is 10.9 Å². The topological polar surface area (TPSA) is 69.3 Å². The third-order valence-electron chi connectivity index (χ3n) is 5.60. The number of aromatic nitrogens is 1. The van der Waals surface area contributed by atoms with Gasteiger partial charge in [-0.25, -0.2) is 4.39 Å². The Labute approximate surface area is 183 Å². The summed E-state index contributed by atoms with van der Waals surface area (Å²) >= 11 is 5.97. The number of carbonyl (C=O) groups is 1. The molecule has 1 aromatic heterocycles. The molecule has 1 saturated heterocycles. The van der Waals surface area contributed by atoms with Crippen LogP contribution in [0.4, 0.5) is 10.1 Å². The van der Waals surface area contributed by atoms with Gasteiger partial charge in [0, 0.05) is 50.9 Å². The van der Waals surface area contributed by atoms with Crippen LogP contribution < -0.4 is 10.3 Å². The van der Waals surface area contributed by atoms with Gasteiger partial charge in [-0.1, -0.05) is 23.7 Å². The summed E-state index contributed by atoms with van der Waals surface area (Å²) in [5.74, 6) is -0.520. The van der Waals surface area contributed by atoms with Gasteiger partial charge in [0.05, 0.1) is 16.6 Å². The number of piperazine rings is 1. The molecule has 2 aromatic carbocycles. The number of anilines is 1. The van der Waals surface area contributed by atoms with Crippen molar-refractivity contribution in [1.29, 1.82) is 5.26 Å². The van der Waals surface area contributed by atoms with Crippen molar-refractivity contribution in [2.75, 3.05) is 31.1 Å². The predicted molar refractivity (Wildman–Crippen MR) is 118 cm³/mol. The monoisotopic (exact) mass is 438 g/mol. The molecule has 2 heterocycles. The molecule has 0 N–H and O–H groups in total. The minimum absolute atomic E-state index is 0.000491. The maximum absolute atomic E-state index is 15.0. The van der Waals surface area contributed by atoms with Crippen LogP contribution in [0, 0.1) is 17.1 Å². The number of rotatable bonds is 3. The summed E-state index contributed by atoms with van der Waals surface area (Å²) < 4.78 is 16.8. The third kappa shape index (κ3) is 4.12. The molecular formula is C23H20ClFN4O2. The van der Waals surface area contributed by atoms with E-state index in [9.17, 15) is 14.9 Å². The quantitative estimate of drug-likeness (QED) is 0.628. The summed E-state index contributed by atoms with van der Waals surface area (Å²) in [5, 5.41) is 10.2. The van der Waals surface area contributed by atoms with Crippen molar-refractivity contribution in [2.45, 2.75) is 13.5 Å². The smallest absolute Gasteiger partial charge is 0.219 e. The standard InChI is InChI=1S/C23H20ClFN4O2/c1-15(30)27-6-8-28(9-7-27)22-11-21-19(10-20(22)25)23(31)17(12-26)14-29(21)13-16-2-4-18(24)5-3-16/h2-5,10-11,14H,6-9,13H2,1H3. The van der Waals surface area contributed by atoms with Crippen LogP contribution in [-0.2, 0) is 11.3 Å². The van der Waals surface area contributed by atoms with Gasteiger partial charge in [-0.05, 0) is 29.8 Å². The molecule has 0 unspecified atom stereocenters. The van der Waals surface area contributed by atoms with Crippen molar-refractivity contribution in [3.8, 4) is 6.07 Å². The number of pyridine rings is 1. The number of carbonyl (C=O) groups excluding carboxylic acids is 1. The highest BCUT2D eigenvalue weighted by Gasteiger charge is 2.22.